The molecular weight excluding hydrogens is 612 g/mol. The van der Waals surface area contributed by atoms with E-state index in [1.165, 1.54) is 11.1 Å². The lowest BCUT2D eigenvalue weighted by atomic mass is 9.95. The van der Waals surface area contributed by atoms with Crippen LogP contribution < -0.4 is 9.64 Å². The Kier molecular flexibility index (Phi) is 9.43. The second kappa shape index (κ2) is 13.7. The third-order valence-electron chi connectivity index (χ3n) is 8.76. The monoisotopic (exact) mass is 656 g/mol. The van der Waals surface area contributed by atoms with Crippen LogP contribution in [0.4, 0.5) is 5.69 Å². The molecule has 3 aromatic carbocycles. The zero-order chi connectivity index (χ0) is 34.9. The number of hydrogen-bond acceptors (Lipinski definition) is 6. The van der Waals surface area contributed by atoms with E-state index in [1.54, 1.807) is 4.52 Å². The third kappa shape index (κ3) is 6.87. The number of allylic oxidation sites excluding steroid dienone is 1. The maximum atomic E-state index is 13.0. The summed E-state index contributed by atoms with van der Waals surface area (Å²) in [6.07, 6.45) is 4.34. The van der Waals surface area contributed by atoms with E-state index in [4.69, 9.17) is 19.6 Å². The van der Waals surface area contributed by atoms with Gasteiger partial charge in [0.25, 0.3) is 0 Å². The van der Waals surface area contributed by atoms with Gasteiger partial charge in [-0.15, -0.1) is 13.2 Å². The van der Waals surface area contributed by atoms with Crippen LogP contribution in [-0.2, 0) is 16.0 Å². The zero-order valence-corrected chi connectivity index (χ0v) is 29.0. The summed E-state index contributed by atoms with van der Waals surface area (Å²) in [5.74, 6) is -0.312. The first-order valence-electron chi connectivity index (χ1n) is 16.7. The van der Waals surface area contributed by atoms with Crippen LogP contribution in [0.3, 0.4) is 0 Å². The summed E-state index contributed by atoms with van der Waals surface area (Å²) in [5.41, 5.74) is 9.37. The van der Waals surface area contributed by atoms with E-state index in [1.807, 2.05) is 71.0 Å². The molecule has 49 heavy (non-hydrogen) atoms. The summed E-state index contributed by atoms with van der Waals surface area (Å²) in [5, 5.41) is 15.7. The molecule has 0 amide bonds. The summed E-state index contributed by atoms with van der Waals surface area (Å²) < 4.78 is 14.1. The van der Waals surface area contributed by atoms with Crippen LogP contribution in [0.2, 0.25) is 0 Å². The van der Waals surface area contributed by atoms with Crippen molar-refractivity contribution < 1.29 is 19.4 Å². The predicted octanol–water partition coefficient (Wildman–Crippen LogP) is 8.79. The molecule has 0 bridgehead atoms. The highest BCUT2D eigenvalue weighted by atomic mass is 16.5. The Hall–Kier alpha value is -5.21. The Morgan fingerprint density at radius 3 is 2.53 bits per heavy atom. The second-order valence-corrected chi connectivity index (χ2v) is 13.5. The molecule has 8 heteroatoms. The maximum Gasteiger partial charge on any atom is 0.337 e. The largest absolute Gasteiger partial charge is 0.490 e. The van der Waals surface area contributed by atoms with Crippen LogP contribution in [0.25, 0.3) is 39.3 Å². The van der Waals surface area contributed by atoms with Crippen molar-refractivity contribution in [3.8, 4) is 39.4 Å². The molecule has 0 saturated carbocycles. The topological polar surface area (TPSA) is 89.2 Å². The molecule has 0 spiro atoms. The lowest BCUT2D eigenvalue weighted by Crippen LogP contribution is -2.33. The number of benzene rings is 3. The molecule has 252 valence electrons. The minimum Gasteiger partial charge on any atom is -0.490 e. The van der Waals surface area contributed by atoms with Crippen LogP contribution in [0.15, 0.2) is 92.0 Å². The van der Waals surface area contributed by atoms with Crippen molar-refractivity contribution in [2.75, 3.05) is 24.6 Å². The van der Waals surface area contributed by atoms with Crippen molar-refractivity contribution in [2.45, 2.75) is 59.2 Å². The van der Waals surface area contributed by atoms with E-state index in [-0.39, 0.29) is 0 Å². The molecule has 1 aliphatic heterocycles. The number of ether oxygens (including phenoxy) is 2. The molecule has 6 rings (SSSR count). The molecule has 1 N–H and O–H groups in total. The van der Waals surface area contributed by atoms with Crippen molar-refractivity contribution in [2.24, 2.45) is 0 Å². The van der Waals surface area contributed by atoms with Gasteiger partial charge in [0, 0.05) is 35.0 Å². The number of nitrogens with zero attached hydrogens (tertiary/aromatic N) is 4. The standard InChI is InChI=1S/C41H44N4O4/c1-8-10-14-28-15-11-12-18-31(28)29-16-13-17-30(23-29)33-25-36-42-27(4)37(39(40(46)47)49-41(5,6)7)38(45(36)43-33)32-24-34-35(22-26(32)3)48-21-20-44(34)19-9-2/h8-9,11-13,15-18,22-25,39H,1-2,10,14,19-21H2,3-7H3,(H,46,47). The van der Waals surface area contributed by atoms with E-state index < -0.39 is 17.7 Å². The first kappa shape index (κ1) is 33.7. The number of hydrogen-bond donors (Lipinski definition) is 1. The number of aromatic nitrogens is 3. The number of aliphatic carboxylic acids is 1. The number of carboxylic acids is 1. The molecule has 8 nitrogen and oxygen atoms in total. The van der Waals surface area contributed by atoms with Gasteiger partial charge in [0.1, 0.15) is 12.4 Å². The van der Waals surface area contributed by atoms with Gasteiger partial charge in [0.2, 0.25) is 0 Å². The van der Waals surface area contributed by atoms with E-state index in [9.17, 15) is 9.90 Å². The molecule has 0 radical (unpaired) electrons. The van der Waals surface area contributed by atoms with Gasteiger partial charge in [0.15, 0.2) is 11.8 Å². The van der Waals surface area contributed by atoms with Crippen molar-refractivity contribution in [1.82, 2.24) is 14.6 Å². The average Bonchev–Trinajstić information content (AvgIpc) is 3.49. The van der Waals surface area contributed by atoms with Crippen LogP contribution in [0, 0.1) is 13.8 Å². The van der Waals surface area contributed by atoms with Crippen LogP contribution in [0.5, 0.6) is 5.75 Å². The van der Waals surface area contributed by atoms with Gasteiger partial charge in [0.05, 0.1) is 29.2 Å². The SMILES string of the molecule is C=CCCc1ccccc1-c1cccc(-c2cc3nc(C)c(C(OC(C)(C)C)C(=O)O)c(-c4cc5c(cc4C)OCCN5CC=C)n3n2)c1. The molecule has 0 aliphatic carbocycles. The maximum absolute atomic E-state index is 13.0. The number of carboxylic acid groups (broad SMARTS) is 1. The molecule has 1 atom stereocenters. The van der Waals surface area contributed by atoms with E-state index in [0.717, 1.165) is 52.2 Å². The summed E-state index contributed by atoms with van der Waals surface area (Å²) in [7, 11) is 0. The number of fused-ring (bicyclic) bond motifs is 2. The molecular formula is C41H44N4O4. The van der Waals surface area contributed by atoms with Crippen LogP contribution >= 0.6 is 0 Å². The Balaban J connectivity index is 1.59. The minimum absolute atomic E-state index is 0.463. The Bertz CT molecular complexity index is 2060. The number of rotatable bonds is 11. The second-order valence-electron chi connectivity index (χ2n) is 13.5. The number of aryl methyl sites for hydroxylation is 3. The fourth-order valence-electron chi connectivity index (χ4n) is 6.58. The Morgan fingerprint density at radius 1 is 1.02 bits per heavy atom. The first-order valence-corrected chi connectivity index (χ1v) is 16.7. The molecule has 3 heterocycles. The molecule has 0 fully saturated rings. The lowest BCUT2D eigenvalue weighted by molar-refractivity contribution is -0.160. The third-order valence-corrected chi connectivity index (χ3v) is 8.76. The highest BCUT2D eigenvalue weighted by Crippen LogP contribution is 2.42. The summed E-state index contributed by atoms with van der Waals surface area (Å²) in [6, 6.07) is 22.9. The van der Waals surface area contributed by atoms with E-state index in [2.05, 4.69) is 60.5 Å². The quantitative estimate of drug-likeness (QED) is 0.142. The number of anilines is 1. The Morgan fingerprint density at radius 2 is 1.80 bits per heavy atom. The smallest absolute Gasteiger partial charge is 0.337 e. The molecule has 2 aromatic heterocycles. The van der Waals surface area contributed by atoms with Gasteiger partial charge >= 0.3 is 5.97 Å². The highest BCUT2D eigenvalue weighted by Gasteiger charge is 2.34. The molecule has 1 aliphatic rings. The summed E-state index contributed by atoms with van der Waals surface area (Å²) in [4.78, 5) is 20.1. The van der Waals surface area contributed by atoms with Crippen molar-refractivity contribution in [3.63, 3.8) is 0 Å². The van der Waals surface area contributed by atoms with E-state index in [0.29, 0.717) is 42.3 Å². The Labute approximate surface area is 288 Å². The van der Waals surface area contributed by atoms with Crippen LogP contribution in [0.1, 0.15) is 55.7 Å². The predicted molar refractivity (Wildman–Crippen MR) is 196 cm³/mol. The minimum atomic E-state index is -1.29. The van der Waals surface area contributed by atoms with E-state index >= 15 is 0 Å². The van der Waals surface area contributed by atoms with Crippen molar-refractivity contribution >= 4 is 17.3 Å². The van der Waals surface area contributed by atoms with Gasteiger partial charge in [-0.25, -0.2) is 14.3 Å². The fourth-order valence-corrected chi connectivity index (χ4v) is 6.58. The van der Waals surface area contributed by atoms with Gasteiger partial charge in [-0.05, 0) is 87.9 Å². The zero-order valence-electron chi connectivity index (χ0n) is 29.0. The van der Waals surface area contributed by atoms with Gasteiger partial charge in [-0.3, -0.25) is 0 Å². The number of carbonyl (C=O) groups is 1. The van der Waals surface area contributed by atoms with Gasteiger partial charge < -0.3 is 19.5 Å². The summed E-state index contributed by atoms with van der Waals surface area (Å²) in [6.45, 7) is 19.2. The molecule has 1 unspecified atom stereocenters. The van der Waals surface area contributed by atoms with Crippen molar-refractivity contribution in [1.29, 1.82) is 0 Å². The fraction of sp³-hybridized carbons (Fsp3) is 0.293. The first-order chi connectivity index (χ1) is 23.5. The van der Waals surface area contributed by atoms with Gasteiger partial charge in [-0.1, -0.05) is 54.6 Å². The normalized spacial score (nSPS) is 13.5. The highest BCUT2D eigenvalue weighted by molar-refractivity contribution is 5.84. The lowest BCUT2D eigenvalue weighted by Gasteiger charge is -2.32. The molecule has 0 saturated heterocycles. The van der Waals surface area contributed by atoms with Crippen molar-refractivity contribution in [3.05, 3.63) is 114 Å². The van der Waals surface area contributed by atoms with Gasteiger partial charge in [-0.2, -0.15) is 5.10 Å². The average molecular weight is 657 g/mol. The summed E-state index contributed by atoms with van der Waals surface area (Å²) >= 11 is 0. The van der Waals surface area contributed by atoms with Crippen LogP contribution in [-0.4, -0.2) is 51.0 Å². The molecule has 5 aromatic rings.